The molecule has 112 heavy (non-hydrogen) atoms. The Labute approximate surface area is 650 Å². The Kier molecular flexibility index (Phi) is 23.8. The number of para-hydroxylation sites is 1. The lowest BCUT2D eigenvalue weighted by molar-refractivity contribution is -0.163. The summed E-state index contributed by atoms with van der Waals surface area (Å²) in [5.74, 6) is -1.96. The molecule has 17 rings (SSSR count). The number of hydrogen-bond acceptors (Lipinski definition) is 25. The van der Waals surface area contributed by atoms with E-state index in [1.807, 2.05) is 126 Å². The lowest BCUT2D eigenvalue weighted by atomic mass is 9.87. The molecule has 2 fully saturated rings. The minimum Gasteiger partial charge on any atom is -0.433 e. The van der Waals surface area contributed by atoms with Gasteiger partial charge < -0.3 is 38.6 Å². The number of halogens is 1. The first-order valence-electron chi connectivity index (χ1n) is 35.7. The predicted octanol–water partition coefficient (Wildman–Crippen LogP) is 12.5. The molecule has 0 saturated carbocycles. The number of fused-ring (bicyclic) bond motifs is 3. The molecule has 0 aliphatic carbocycles. The highest BCUT2D eigenvalue weighted by molar-refractivity contribution is 6.31. The number of urea groups is 1. The molecule has 582 valence electrons. The molecule has 10 amide bonds. The zero-order valence-corrected chi connectivity index (χ0v) is 64.6. The molecule has 32 nitrogen and oxygen atoms in total. The smallest absolute Gasteiger partial charge is 0.420 e. The molecule has 33 heteroatoms. The molecule has 2 saturated heterocycles. The van der Waals surface area contributed by atoms with E-state index < -0.39 is 59.2 Å². The fourth-order valence-electron chi connectivity index (χ4n) is 13.3. The number of oxime groups is 7. The van der Waals surface area contributed by atoms with E-state index in [-0.39, 0.29) is 48.1 Å². The Morgan fingerprint density at radius 1 is 0.509 bits per heavy atom. The van der Waals surface area contributed by atoms with Crippen molar-refractivity contribution in [2.45, 2.75) is 189 Å². The van der Waals surface area contributed by atoms with Crippen LogP contribution in [0, 0.1) is 30.2 Å². The number of carbonyl (C=O) groups excluding carboxylic acids is 9. The van der Waals surface area contributed by atoms with Crippen LogP contribution < -0.4 is 4.90 Å². The number of aryl methyl sites for hydroxylation is 1. The third-order valence-electron chi connectivity index (χ3n) is 19.2. The van der Waals surface area contributed by atoms with Crippen LogP contribution in [0.15, 0.2) is 151 Å². The van der Waals surface area contributed by atoms with E-state index in [9.17, 15) is 43.2 Å². The number of nitrogens with zero attached hydrogens (tertiary/aromatic N) is 15. The fourth-order valence-corrected chi connectivity index (χ4v) is 13.5. The number of rotatable bonds is 7. The lowest BCUT2D eigenvalue weighted by Crippen LogP contribution is -2.64. The second kappa shape index (κ2) is 33.2. The van der Waals surface area contributed by atoms with Crippen LogP contribution in [0.1, 0.15) is 186 Å². The maximum atomic E-state index is 12.2. The first kappa shape index (κ1) is 80.3. The number of imide groups is 4. The lowest BCUT2D eigenvalue weighted by Gasteiger charge is -2.40. The van der Waals surface area contributed by atoms with Crippen LogP contribution in [-0.4, -0.2) is 162 Å². The first-order chi connectivity index (χ1) is 53.2. The number of amides is 10. The maximum absolute atomic E-state index is 12.2. The molecular formula is C79H82ClN15O17. The van der Waals surface area contributed by atoms with Gasteiger partial charge in [-0.25, -0.2) is 29.1 Å². The molecule has 0 N–H and O–H groups in total. The molecule has 6 unspecified atom stereocenters. The Morgan fingerprint density at radius 3 is 1.56 bits per heavy atom. The summed E-state index contributed by atoms with van der Waals surface area (Å²) in [5, 5.41) is 36.4. The quantitative estimate of drug-likeness (QED) is 0.0829. The summed E-state index contributed by atoms with van der Waals surface area (Å²) in [4.78, 5) is 155. The van der Waals surface area contributed by atoms with Crippen LogP contribution in [-0.2, 0) is 76.3 Å². The summed E-state index contributed by atoms with van der Waals surface area (Å²) < 4.78 is 4.93. The standard InChI is InChI=1S/C13H12N2O3.C12H11ClN2O2.C12H12N2O2.C11H15N3O4.2C11H10N2O.C9H12N2O4/c1-7-3-4-9-10(5-7)13(17)15(12(9)16)11-6-8(2)14-18-11;1-7-4-12(17-14-7)15-10-6-9(13)3-2-8(10)5-11(15)16;1-8-6-11(16-13-8)14-7-9-4-2-3-5-10(9)12(14)15;1-6-5-7(18-12-6)14-9(16)11(2,3)8(15)13(4)10(14)17;1-8-7-11(14-13-8)9-5-3-4-6-10(9)12-2;1-9-7-11(8-12,14-13-9)10-5-3-2-4-6-10;1-5-4-6(15-10-5)11-7(12)9(2,3)14-8(11)13/h3-5,11H,6H2,1-2H3;2-3,6,12H,4-5H2,1H3;2-5,11H,6-7H2,1H3;7H,5H2,1-4H3;3-6,11H,7H2,1H3;2-6H,7H2,1H3;6H,4H2,1-3H3/t;;;;;11-;/m.....0./s1. The molecule has 12 aliphatic rings. The highest BCUT2D eigenvalue weighted by Gasteiger charge is 2.55. The van der Waals surface area contributed by atoms with Crippen LogP contribution in [0.3, 0.4) is 0 Å². The molecule has 0 bridgehead atoms. The molecule has 0 aromatic heterocycles. The van der Waals surface area contributed by atoms with Gasteiger partial charge in [0.25, 0.3) is 29.2 Å². The van der Waals surface area contributed by atoms with E-state index in [1.54, 1.807) is 67.8 Å². The van der Waals surface area contributed by atoms with Gasteiger partial charge in [0.05, 0.1) is 76.3 Å². The number of carbonyl (C=O) groups is 9. The number of nitriles is 1. The van der Waals surface area contributed by atoms with E-state index in [2.05, 4.69) is 47.0 Å². The van der Waals surface area contributed by atoms with E-state index >= 15 is 0 Å². The third kappa shape index (κ3) is 17.0. The van der Waals surface area contributed by atoms with Gasteiger partial charge in [-0.2, -0.15) is 5.26 Å². The van der Waals surface area contributed by atoms with Gasteiger partial charge in [-0.1, -0.05) is 138 Å². The SMILES string of the molecule is CC1=NOC(N2C(=O)Cc3ccc(Cl)cc32)C1.CC1=NOC(N2C(=O)N(C)C(=O)C(C)(C)C2=O)C1.CC1=NOC(N2C(=O)OC(C)(C)C2=O)C1.CC1=NOC(N2C(=O)c3ccc(C)cc3C2=O)C1.CC1=NOC(N2Cc3ccccc3C2=O)C1.CC1=NO[C@@](C#N)(c2ccccc2)C1.[C-]#[N+]c1ccccc1C1CC(C)=NO1. The van der Waals surface area contributed by atoms with Gasteiger partial charge >= 0.3 is 12.1 Å². The van der Waals surface area contributed by atoms with Crippen molar-refractivity contribution in [3.8, 4) is 6.07 Å². The van der Waals surface area contributed by atoms with Gasteiger partial charge in [0.15, 0.2) is 11.3 Å². The highest BCUT2D eigenvalue weighted by atomic mass is 35.5. The molecule has 12 heterocycles. The number of anilines is 1. The van der Waals surface area contributed by atoms with Crippen LogP contribution in [0.2, 0.25) is 5.02 Å². The van der Waals surface area contributed by atoms with Crippen molar-refractivity contribution in [3.63, 3.8) is 0 Å². The van der Waals surface area contributed by atoms with Crippen molar-refractivity contribution >= 4 is 116 Å². The number of hydrogen-bond donors (Lipinski definition) is 0. The van der Waals surface area contributed by atoms with Crippen LogP contribution in [0.4, 0.5) is 21.0 Å². The zero-order chi connectivity index (χ0) is 80.8. The van der Waals surface area contributed by atoms with Gasteiger partial charge in [-0.05, 0) is 125 Å². The number of ether oxygens (including phenoxy) is 1. The monoisotopic (exact) mass is 1550 g/mol. The minimum atomic E-state index is -1.26. The largest absolute Gasteiger partial charge is 0.433 e. The van der Waals surface area contributed by atoms with Crippen molar-refractivity contribution in [1.29, 1.82) is 5.26 Å². The molecule has 7 atom stereocenters. The van der Waals surface area contributed by atoms with Crippen LogP contribution in [0.25, 0.3) is 4.85 Å². The van der Waals surface area contributed by atoms with Gasteiger partial charge in [-0.15, -0.1) is 0 Å². The van der Waals surface area contributed by atoms with E-state index in [0.717, 1.165) is 99.4 Å². The normalized spacial score (nSPS) is 24.1. The van der Waals surface area contributed by atoms with Crippen molar-refractivity contribution in [2.75, 3.05) is 11.9 Å². The predicted molar refractivity (Wildman–Crippen MR) is 407 cm³/mol. The number of cyclic esters (lactones) is 1. The molecule has 0 radical (unpaired) electrons. The summed E-state index contributed by atoms with van der Waals surface area (Å²) in [5.41, 5.74) is 10.7. The Balaban J connectivity index is 0.000000129. The average molecular weight is 1550 g/mol. The summed E-state index contributed by atoms with van der Waals surface area (Å²) in [7, 11) is 1.36. The topological polar surface area (TPSA) is 362 Å². The number of barbiturate groups is 1. The summed E-state index contributed by atoms with van der Waals surface area (Å²) >= 11 is 5.96. The van der Waals surface area contributed by atoms with Gasteiger partial charge in [0.1, 0.15) is 17.6 Å². The molecule has 12 aliphatic heterocycles. The van der Waals surface area contributed by atoms with E-state index in [1.165, 1.54) is 20.9 Å². The minimum absolute atomic E-state index is 0.0390. The second-order valence-electron chi connectivity index (χ2n) is 29.0. The van der Waals surface area contributed by atoms with Gasteiger partial charge in [-0.3, -0.25) is 48.3 Å². The molecular weight excluding hydrogens is 1470 g/mol. The van der Waals surface area contributed by atoms with Crippen LogP contribution in [0.5, 0.6) is 0 Å². The second-order valence-corrected chi connectivity index (χ2v) is 29.4. The van der Waals surface area contributed by atoms with Crippen molar-refractivity contribution in [2.24, 2.45) is 41.5 Å². The molecule has 5 aromatic rings. The summed E-state index contributed by atoms with van der Waals surface area (Å²) in [6, 6.07) is 36.9. The Morgan fingerprint density at radius 2 is 1.04 bits per heavy atom. The highest BCUT2D eigenvalue weighted by Crippen LogP contribution is 2.39. The van der Waals surface area contributed by atoms with E-state index in [0.29, 0.717) is 79.0 Å². The zero-order valence-electron chi connectivity index (χ0n) is 63.8. The maximum Gasteiger partial charge on any atom is 0.420 e. The summed E-state index contributed by atoms with van der Waals surface area (Å²) in [6.45, 7) is 28.6. The molecule has 0 spiro atoms. The van der Waals surface area contributed by atoms with Gasteiger partial charge in [0, 0.05) is 73.7 Å². The van der Waals surface area contributed by atoms with Crippen molar-refractivity contribution in [1.82, 2.24) is 24.5 Å². The Bertz CT molecular complexity index is 4960. The number of benzene rings is 5. The van der Waals surface area contributed by atoms with Crippen molar-refractivity contribution in [3.05, 3.63) is 176 Å². The Hall–Kier alpha value is -12.7. The molecule has 5 aromatic carbocycles. The van der Waals surface area contributed by atoms with E-state index in [4.69, 9.17) is 62.0 Å². The average Bonchev–Trinajstić information content (AvgIpc) is 1.75. The first-order valence-corrected chi connectivity index (χ1v) is 36.1. The van der Waals surface area contributed by atoms with Crippen molar-refractivity contribution < 1.29 is 81.8 Å². The van der Waals surface area contributed by atoms with Gasteiger partial charge in [0.2, 0.25) is 48.9 Å². The fraction of sp³-hybridized carbons (Fsp3) is 0.392. The third-order valence-corrected chi connectivity index (χ3v) is 19.4. The van der Waals surface area contributed by atoms with Crippen LogP contribution >= 0.6 is 11.6 Å². The summed E-state index contributed by atoms with van der Waals surface area (Å²) in [6.07, 6.45) is 1.12.